The van der Waals surface area contributed by atoms with Gasteiger partial charge in [0.25, 0.3) is 0 Å². The van der Waals surface area contributed by atoms with Crippen LogP contribution in [0.4, 0.5) is 0 Å². The lowest BCUT2D eigenvalue weighted by Gasteiger charge is -2.16. The Morgan fingerprint density at radius 2 is 0.765 bits per heavy atom. The number of fused-ring (bicyclic) bond motifs is 6. The van der Waals surface area contributed by atoms with Crippen molar-refractivity contribution >= 4 is 71.1 Å². The molecule has 0 fully saturated rings. The molecule has 2 aromatic heterocycles. The lowest BCUT2D eigenvalue weighted by Crippen LogP contribution is -2.01. The van der Waals surface area contributed by atoms with Crippen LogP contribution in [0.25, 0.3) is 55.0 Å². The molecule has 0 amide bonds. The molecule has 0 aliphatic heterocycles. The van der Waals surface area contributed by atoms with E-state index in [1.54, 1.807) is 0 Å². The third kappa shape index (κ3) is 2.74. The van der Waals surface area contributed by atoms with E-state index in [1.807, 2.05) is 0 Å². The predicted octanol–water partition coefficient (Wildman–Crippen LogP) is 9.30. The van der Waals surface area contributed by atoms with Crippen LogP contribution in [-0.2, 0) is 0 Å². The summed E-state index contributed by atoms with van der Waals surface area (Å²) in [4.78, 5) is 0. The molecule has 162 valence electrons. The zero-order valence-corrected chi connectivity index (χ0v) is 20.4. The number of halogens is 2. The molecular weight excluding hydrogens is 504 g/mol. The molecule has 0 aliphatic carbocycles. The summed E-state index contributed by atoms with van der Waals surface area (Å²) >= 11 is 11.1. The summed E-state index contributed by atoms with van der Waals surface area (Å²) < 4.78 is 5.52. The Bertz CT molecular complexity index is 1650. The molecule has 0 N–H and O–H groups in total. The smallest absolute Gasteiger partial charge is 0.0887 e. The summed E-state index contributed by atoms with van der Waals surface area (Å²) in [6.45, 7) is 0. The van der Waals surface area contributed by atoms with Gasteiger partial charge in [-0.2, -0.15) is 0 Å². The van der Waals surface area contributed by atoms with Crippen LogP contribution in [0.5, 0.6) is 0 Å². The van der Waals surface area contributed by atoms with E-state index in [2.05, 4.69) is 134 Å². The van der Waals surface area contributed by atoms with E-state index in [4.69, 9.17) is 11.6 Å². The number of nitrogens with zero attached hydrogens (tertiary/aromatic N) is 2. The van der Waals surface area contributed by atoms with Crippen LogP contribution in [0, 0.1) is 0 Å². The van der Waals surface area contributed by atoms with Gasteiger partial charge in [-0.3, -0.25) is 0 Å². The fraction of sp³-hybridized carbons (Fsp3) is 0. The maximum atomic E-state index is 7.30. The fourth-order valence-electron chi connectivity index (χ4n) is 5.25. The Morgan fingerprint density at radius 1 is 0.471 bits per heavy atom. The second-order valence-electron chi connectivity index (χ2n) is 8.50. The molecule has 0 radical (unpaired) electrons. The molecule has 0 bridgehead atoms. The van der Waals surface area contributed by atoms with Crippen LogP contribution in [0.3, 0.4) is 0 Å². The average molecular weight is 522 g/mol. The first-order chi connectivity index (χ1) is 16.7. The van der Waals surface area contributed by atoms with Crippen molar-refractivity contribution in [2.45, 2.75) is 0 Å². The molecule has 7 rings (SSSR count). The Labute approximate surface area is 209 Å². The Hall–Kier alpha value is -3.53. The van der Waals surface area contributed by atoms with Gasteiger partial charge >= 0.3 is 0 Å². The van der Waals surface area contributed by atoms with E-state index >= 15 is 0 Å². The van der Waals surface area contributed by atoms with Gasteiger partial charge in [-0.25, -0.2) is 0 Å². The van der Waals surface area contributed by atoms with Gasteiger partial charge in [0.2, 0.25) is 0 Å². The summed E-state index contributed by atoms with van der Waals surface area (Å²) in [6.07, 6.45) is 0. The minimum absolute atomic E-state index is 0.709. The van der Waals surface area contributed by atoms with Crippen LogP contribution in [0.1, 0.15) is 0 Å². The maximum Gasteiger partial charge on any atom is 0.0887 e. The lowest BCUT2D eigenvalue weighted by molar-refractivity contribution is 1.13. The van der Waals surface area contributed by atoms with Gasteiger partial charge in [0.05, 0.1) is 38.5 Å². The van der Waals surface area contributed by atoms with Crippen LogP contribution in [-0.4, -0.2) is 9.13 Å². The number of para-hydroxylation sites is 4. The molecule has 4 heteroatoms. The van der Waals surface area contributed by atoms with Crippen LogP contribution in [0.15, 0.2) is 114 Å². The van der Waals surface area contributed by atoms with Crippen molar-refractivity contribution in [3.63, 3.8) is 0 Å². The molecule has 34 heavy (non-hydrogen) atoms. The van der Waals surface area contributed by atoms with Crippen molar-refractivity contribution in [3.8, 4) is 11.4 Å². The largest absolute Gasteiger partial charge is 0.308 e. The quantitative estimate of drug-likeness (QED) is 0.214. The molecular formula is C30H18BrClN2. The van der Waals surface area contributed by atoms with E-state index in [0.717, 1.165) is 37.9 Å². The molecule has 0 atom stereocenters. The topological polar surface area (TPSA) is 9.86 Å². The van der Waals surface area contributed by atoms with E-state index in [0.29, 0.717) is 5.02 Å². The number of aromatic nitrogens is 2. The molecule has 0 aliphatic rings. The first-order valence-electron chi connectivity index (χ1n) is 11.2. The molecule has 0 saturated carbocycles. The minimum atomic E-state index is 0.709. The standard InChI is InChI=1S/C30H18BrClN2/c31-19-17-28(33-24-13-5-1-9-20(24)21-10-2-6-14-25(21)33)30(32)29(18-19)34-26-15-7-3-11-22(26)23-12-4-8-16-27(23)34/h1-18H. The van der Waals surface area contributed by atoms with E-state index in [1.165, 1.54) is 21.5 Å². The Kier molecular flexibility index (Phi) is 4.38. The predicted molar refractivity (Wildman–Crippen MR) is 148 cm³/mol. The summed E-state index contributed by atoms with van der Waals surface area (Å²) in [6, 6.07) is 38.2. The van der Waals surface area contributed by atoms with E-state index in [-0.39, 0.29) is 0 Å². The van der Waals surface area contributed by atoms with E-state index in [9.17, 15) is 0 Å². The molecule has 7 aromatic rings. The van der Waals surface area contributed by atoms with Crippen molar-refractivity contribution in [1.82, 2.24) is 9.13 Å². The molecule has 2 heterocycles. The monoisotopic (exact) mass is 520 g/mol. The molecule has 2 nitrogen and oxygen atoms in total. The second kappa shape index (κ2) is 7.49. The molecule has 0 spiro atoms. The summed E-state index contributed by atoms with van der Waals surface area (Å²) in [5.74, 6) is 0. The van der Waals surface area contributed by atoms with Crippen molar-refractivity contribution in [2.75, 3.05) is 0 Å². The van der Waals surface area contributed by atoms with Gasteiger partial charge in [-0.1, -0.05) is 100 Å². The summed E-state index contributed by atoms with van der Waals surface area (Å²) in [5.41, 5.74) is 6.44. The number of hydrogen-bond donors (Lipinski definition) is 0. The summed E-state index contributed by atoms with van der Waals surface area (Å²) in [7, 11) is 0. The summed E-state index contributed by atoms with van der Waals surface area (Å²) in [5, 5.41) is 5.57. The SMILES string of the molecule is Clc1c(-n2c3ccccc3c3ccccc32)cc(Br)cc1-n1c2ccccc2c2ccccc21. The lowest BCUT2D eigenvalue weighted by atomic mass is 10.2. The highest BCUT2D eigenvalue weighted by molar-refractivity contribution is 9.10. The maximum absolute atomic E-state index is 7.30. The van der Waals surface area contributed by atoms with Crippen molar-refractivity contribution in [3.05, 3.63) is 119 Å². The highest BCUT2D eigenvalue weighted by Gasteiger charge is 2.20. The zero-order valence-electron chi connectivity index (χ0n) is 18.0. The number of benzene rings is 5. The molecule has 5 aromatic carbocycles. The fourth-order valence-corrected chi connectivity index (χ4v) is 5.96. The van der Waals surface area contributed by atoms with Gasteiger partial charge in [-0.05, 0) is 36.4 Å². The average Bonchev–Trinajstić information content (AvgIpc) is 3.39. The van der Waals surface area contributed by atoms with Gasteiger partial charge in [0, 0.05) is 26.0 Å². The third-order valence-electron chi connectivity index (χ3n) is 6.64. The van der Waals surface area contributed by atoms with Crippen LogP contribution in [0.2, 0.25) is 5.02 Å². The van der Waals surface area contributed by atoms with E-state index < -0.39 is 0 Å². The zero-order chi connectivity index (χ0) is 22.8. The number of hydrogen-bond acceptors (Lipinski definition) is 0. The van der Waals surface area contributed by atoms with Crippen molar-refractivity contribution < 1.29 is 0 Å². The van der Waals surface area contributed by atoms with Crippen molar-refractivity contribution in [1.29, 1.82) is 0 Å². The highest BCUT2D eigenvalue weighted by atomic mass is 79.9. The van der Waals surface area contributed by atoms with Gasteiger partial charge in [0.1, 0.15) is 0 Å². The molecule has 0 saturated heterocycles. The normalized spacial score (nSPS) is 11.8. The second-order valence-corrected chi connectivity index (χ2v) is 9.79. The molecule has 0 unspecified atom stereocenters. The Morgan fingerprint density at radius 3 is 1.09 bits per heavy atom. The van der Waals surface area contributed by atoms with Gasteiger partial charge in [0.15, 0.2) is 0 Å². The Balaban J connectivity index is 1.62. The first-order valence-corrected chi connectivity index (χ1v) is 12.4. The minimum Gasteiger partial charge on any atom is -0.308 e. The van der Waals surface area contributed by atoms with Crippen molar-refractivity contribution in [2.24, 2.45) is 0 Å². The number of rotatable bonds is 2. The van der Waals surface area contributed by atoms with Crippen LogP contribution < -0.4 is 0 Å². The van der Waals surface area contributed by atoms with Gasteiger partial charge in [-0.15, -0.1) is 0 Å². The first kappa shape index (κ1) is 19.9. The highest BCUT2D eigenvalue weighted by Crippen LogP contribution is 2.41. The third-order valence-corrected chi connectivity index (χ3v) is 7.49. The van der Waals surface area contributed by atoms with Gasteiger partial charge < -0.3 is 9.13 Å². The van der Waals surface area contributed by atoms with Crippen LogP contribution >= 0.6 is 27.5 Å².